The molecule has 0 heterocycles. The molecule has 0 bridgehead atoms. The molecule has 0 unspecified atom stereocenters. The van der Waals surface area contributed by atoms with Crippen molar-refractivity contribution in [3.8, 4) is 0 Å². The number of benzene rings is 1. The highest BCUT2D eigenvalue weighted by Crippen LogP contribution is 2.32. The van der Waals surface area contributed by atoms with E-state index in [4.69, 9.17) is 11.6 Å². The lowest BCUT2D eigenvalue weighted by molar-refractivity contribution is -0.383. The van der Waals surface area contributed by atoms with Crippen LogP contribution in [0.4, 0.5) is 11.4 Å². The molecule has 6 nitrogen and oxygen atoms in total. The summed E-state index contributed by atoms with van der Waals surface area (Å²) in [6, 6.07) is 4.56. The summed E-state index contributed by atoms with van der Waals surface area (Å²) in [5.41, 5.74) is 0.0968. The Labute approximate surface area is 110 Å². The molecule has 0 amide bonds. The zero-order valence-electron chi connectivity index (χ0n) is 9.72. The fourth-order valence-electron chi connectivity index (χ4n) is 1.40. The second-order valence-electron chi connectivity index (χ2n) is 3.80. The number of hydrogen-bond acceptors (Lipinski definition) is 5. The predicted octanol–water partition coefficient (Wildman–Crippen LogP) is 2.09. The summed E-state index contributed by atoms with van der Waals surface area (Å²) in [5.74, 6) is 0.0361. The van der Waals surface area contributed by atoms with E-state index in [0.29, 0.717) is 18.7 Å². The van der Waals surface area contributed by atoms with Crippen molar-refractivity contribution in [2.24, 2.45) is 0 Å². The average Bonchev–Trinajstić information content (AvgIpc) is 2.22. The summed E-state index contributed by atoms with van der Waals surface area (Å²) in [4.78, 5) is 10.3. The van der Waals surface area contributed by atoms with Gasteiger partial charge in [0.05, 0.1) is 10.7 Å². The minimum absolute atomic E-state index is 0.0361. The van der Waals surface area contributed by atoms with Crippen molar-refractivity contribution in [1.82, 2.24) is 0 Å². The van der Waals surface area contributed by atoms with Gasteiger partial charge in [-0.05, 0) is 18.6 Å². The van der Waals surface area contributed by atoms with Gasteiger partial charge in [0.25, 0.3) is 0 Å². The number of nitrogens with zero attached hydrogens (tertiary/aromatic N) is 1. The Morgan fingerprint density at radius 3 is 2.67 bits per heavy atom. The van der Waals surface area contributed by atoms with Crippen LogP contribution in [0.25, 0.3) is 0 Å². The first kappa shape index (κ1) is 14.7. The lowest BCUT2D eigenvalue weighted by Gasteiger charge is -2.07. The van der Waals surface area contributed by atoms with Gasteiger partial charge in [-0.3, -0.25) is 10.1 Å². The predicted molar refractivity (Wildman–Crippen MR) is 70.9 cm³/mol. The maximum atomic E-state index is 10.9. The van der Waals surface area contributed by atoms with Gasteiger partial charge in [0.2, 0.25) is 0 Å². The Balaban J connectivity index is 2.68. The Kier molecular flexibility index (Phi) is 4.92. The van der Waals surface area contributed by atoms with E-state index in [1.54, 1.807) is 6.07 Å². The second-order valence-corrected chi connectivity index (χ2v) is 6.47. The van der Waals surface area contributed by atoms with Crippen molar-refractivity contribution in [3.05, 3.63) is 33.3 Å². The van der Waals surface area contributed by atoms with Gasteiger partial charge in [0.1, 0.15) is 20.5 Å². The summed E-state index contributed by atoms with van der Waals surface area (Å²) in [6.45, 7) is 0.328. The molecule has 0 aliphatic carbocycles. The van der Waals surface area contributed by atoms with Crippen LogP contribution < -0.4 is 5.32 Å². The zero-order valence-corrected chi connectivity index (χ0v) is 11.3. The van der Waals surface area contributed by atoms with Crippen molar-refractivity contribution in [2.75, 3.05) is 23.9 Å². The molecule has 0 aromatic heterocycles. The van der Waals surface area contributed by atoms with Crippen LogP contribution in [-0.2, 0) is 9.84 Å². The van der Waals surface area contributed by atoms with Crippen LogP contribution in [0.5, 0.6) is 0 Å². The maximum Gasteiger partial charge on any atom is 0.310 e. The third-order valence-corrected chi connectivity index (χ3v) is 3.51. The van der Waals surface area contributed by atoms with E-state index >= 15 is 0 Å². The Morgan fingerprint density at radius 1 is 1.44 bits per heavy atom. The monoisotopic (exact) mass is 292 g/mol. The van der Waals surface area contributed by atoms with Crippen LogP contribution in [-0.4, -0.2) is 31.9 Å². The van der Waals surface area contributed by atoms with Gasteiger partial charge >= 0.3 is 5.69 Å². The molecule has 1 N–H and O–H groups in total. The molecular weight excluding hydrogens is 280 g/mol. The van der Waals surface area contributed by atoms with Gasteiger partial charge in [-0.15, -0.1) is 0 Å². The zero-order chi connectivity index (χ0) is 13.8. The van der Waals surface area contributed by atoms with E-state index in [2.05, 4.69) is 5.32 Å². The highest BCUT2D eigenvalue weighted by atomic mass is 35.5. The summed E-state index contributed by atoms with van der Waals surface area (Å²) in [7, 11) is -3.01. The van der Waals surface area contributed by atoms with Gasteiger partial charge < -0.3 is 5.32 Å². The van der Waals surface area contributed by atoms with Gasteiger partial charge in [-0.25, -0.2) is 8.42 Å². The van der Waals surface area contributed by atoms with Crippen molar-refractivity contribution in [3.63, 3.8) is 0 Å². The highest BCUT2D eigenvalue weighted by molar-refractivity contribution is 7.90. The normalized spacial score (nSPS) is 11.2. The number of para-hydroxylation sites is 1. The molecule has 0 fully saturated rings. The van der Waals surface area contributed by atoms with Crippen LogP contribution in [0, 0.1) is 10.1 Å². The summed E-state index contributed by atoms with van der Waals surface area (Å²) in [6.07, 6.45) is 1.53. The van der Waals surface area contributed by atoms with Crippen molar-refractivity contribution < 1.29 is 13.3 Å². The minimum Gasteiger partial charge on any atom is -0.379 e. The number of anilines is 1. The molecule has 0 atom stereocenters. The molecule has 1 rings (SSSR count). The fourth-order valence-corrected chi connectivity index (χ4v) is 2.31. The number of nitro groups is 1. The topological polar surface area (TPSA) is 89.3 Å². The van der Waals surface area contributed by atoms with Gasteiger partial charge in [0.15, 0.2) is 0 Å². The van der Waals surface area contributed by atoms with Crippen molar-refractivity contribution in [1.29, 1.82) is 0 Å². The van der Waals surface area contributed by atoms with E-state index in [-0.39, 0.29) is 16.5 Å². The number of sulfone groups is 1. The maximum absolute atomic E-state index is 10.9. The number of hydrogen-bond donors (Lipinski definition) is 1. The smallest absolute Gasteiger partial charge is 0.310 e. The molecule has 1 aromatic rings. The minimum atomic E-state index is -3.01. The van der Waals surface area contributed by atoms with Crippen LogP contribution in [0.2, 0.25) is 5.02 Å². The van der Waals surface area contributed by atoms with Crippen molar-refractivity contribution in [2.45, 2.75) is 6.42 Å². The SMILES string of the molecule is CS(=O)(=O)CCCNc1cccc(Cl)c1[N+](=O)[O-]. The molecule has 0 aliphatic heterocycles. The van der Waals surface area contributed by atoms with Crippen LogP contribution >= 0.6 is 11.6 Å². The molecule has 0 spiro atoms. The lowest BCUT2D eigenvalue weighted by atomic mass is 10.2. The second kappa shape index (κ2) is 6.01. The molecule has 8 heteroatoms. The summed E-state index contributed by atoms with van der Waals surface area (Å²) < 4.78 is 21.8. The van der Waals surface area contributed by atoms with E-state index in [1.165, 1.54) is 12.1 Å². The fraction of sp³-hybridized carbons (Fsp3) is 0.400. The number of nitrogens with one attached hydrogen (secondary N) is 1. The number of nitro benzene ring substituents is 1. The molecule has 0 radical (unpaired) electrons. The molecule has 0 saturated heterocycles. The molecule has 0 saturated carbocycles. The molecular formula is C10H13ClN2O4S. The highest BCUT2D eigenvalue weighted by Gasteiger charge is 2.17. The number of rotatable bonds is 6. The quantitative estimate of drug-likeness (QED) is 0.492. The van der Waals surface area contributed by atoms with Crippen LogP contribution in [0.1, 0.15) is 6.42 Å². The van der Waals surface area contributed by atoms with E-state index < -0.39 is 14.8 Å². The molecule has 0 aliphatic rings. The van der Waals surface area contributed by atoms with Gasteiger partial charge in [-0.2, -0.15) is 0 Å². The van der Waals surface area contributed by atoms with Gasteiger partial charge in [0, 0.05) is 12.8 Å². The molecule has 1 aromatic carbocycles. The summed E-state index contributed by atoms with van der Waals surface area (Å²) in [5, 5.41) is 13.7. The van der Waals surface area contributed by atoms with E-state index in [1.807, 2.05) is 0 Å². The Bertz CT molecular complexity index is 545. The first-order valence-electron chi connectivity index (χ1n) is 5.16. The first-order valence-corrected chi connectivity index (χ1v) is 7.59. The van der Waals surface area contributed by atoms with Gasteiger partial charge in [-0.1, -0.05) is 17.7 Å². The van der Waals surface area contributed by atoms with Crippen molar-refractivity contribution >= 4 is 32.8 Å². The number of halogens is 1. The van der Waals surface area contributed by atoms with Crippen LogP contribution in [0.15, 0.2) is 18.2 Å². The first-order chi connectivity index (χ1) is 8.31. The summed E-state index contributed by atoms with van der Waals surface area (Å²) >= 11 is 5.73. The Hall–Kier alpha value is -1.34. The molecule has 18 heavy (non-hydrogen) atoms. The van der Waals surface area contributed by atoms with E-state index in [0.717, 1.165) is 6.26 Å². The van der Waals surface area contributed by atoms with Crippen LogP contribution in [0.3, 0.4) is 0 Å². The third-order valence-electron chi connectivity index (χ3n) is 2.18. The molecule has 100 valence electrons. The third kappa shape index (κ3) is 4.50. The van der Waals surface area contributed by atoms with E-state index in [9.17, 15) is 18.5 Å². The average molecular weight is 293 g/mol. The largest absolute Gasteiger partial charge is 0.379 e. The standard InChI is InChI=1S/C10H13ClN2O4S/c1-18(16,17)7-3-6-12-9-5-2-4-8(11)10(9)13(14)15/h2,4-5,12H,3,6-7H2,1H3. The Morgan fingerprint density at radius 2 is 2.11 bits per heavy atom. The lowest BCUT2D eigenvalue weighted by Crippen LogP contribution is -2.10.